The SMILES string of the molecule is CC(C)(C)OC(=O)N1CCC(CNc2cc(N(C(=O)OC(C)(C)C)c3cccc(F)c3)n3ncc(C4CC4)c3n2)CC1. The molecule has 1 aliphatic heterocycles. The van der Waals surface area contributed by atoms with Crippen LogP contribution in [-0.4, -0.2) is 62.5 Å². The van der Waals surface area contributed by atoms with Crippen molar-refractivity contribution in [3.05, 3.63) is 47.9 Å². The smallest absolute Gasteiger partial charge is 0.420 e. The fourth-order valence-corrected chi connectivity index (χ4v) is 5.05. The van der Waals surface area contributed by atoms with Crippen molar-refractivity contribution in [3.8, 4) is 0 Å². The van der Waals surface area contributed by atoms with E-state index >= 15 is 0 Å². The first-order valence-electron chi connectivity index (χ1n) is 14.7. The molecule has 1 N–H and O–H groups in total. The number of benzene rings is 1. The van der Waals surface area contributed by atoms with E-state index in [1.807, 2.05) is 20.8 Å². The van der Waals surface area contributed by atoms with Crippen LogP contribution < -0.4 is 10.2 Å². The topological polar surface area (TPSA) is 101 Å². The maximum Gasteiger partial charge on any atom is 0.420 e. The summed E-state index contributed by atoms with van der Waals surface area (Å²) >= 11 is 0. The number of amides is 2. The number of hydrogen-bond acceptors (Lipinski definition) is 7. The third kappa shape index (κ3) is 7.11. The molecule has 2 amide bonds. The van der Waals surface area contributed by atoms with Gasteiger partial charge < -0.3 is 19.7 Å². The maximum absolute atomic E-state index is 14.4. The Morgan fingerprint density at radius 2 is 1.71 bits per heavy atom. The zero-order valence-electron chi connectivity index (χ0n) is 25.3. The summed E-state index contributed by atoms with van der Waals surface area (Å²) in [6, 6.07) is 7.60. The average Bonchev–Trinajstić information content (AvgIpc) is 3.64. The Morgan fingerprint density at radius 1 is 1.02 bits per heavy atom. The highest BCUT2D eigenvalue weighted by Gasteiger charge is 2.32. The van der Waals surface area contributed by atoms with E-state index in [0.29, 0.717) is 54.4 Å². The lowest BCUT2D eigenvalue weighted by atomic mass is 9.97. The van der Waals surface area contributed by atoms with Gasteiger partial charge >= 0.3 is 12.2 Å². The van der Waals surface area contributed by atoms with Crippen LogP contribution in [0.1, 0.15) is 78.7 Å². The van der Waals surface area contributed by atoms with Crippen LogP contribution in [0.25, 0.3) is 5.65 Å². The van der Waals surface area contributed by atoms with Crippen LogP contribution in [0.15, 0.2) is 36.5 Å². The molecule has 10 nitrogen and oxygen atoms in total. The number of nitrogens with zero attached hydrogens (tertiary/aromatic N) is 5. The van der Waals surface area contributed by atoms with E-state index < -0.39 is 23.1 Å². The maximum atomic E-state index is 14.4. The number of hydrogen-bond donors (Lipinski definition) is 1. The zero-order chi connectivity index (χ0) is 30.2. The van der Waals surface area contributed by atoms with Gasteiger partial charge in [0.1, 0.15) is 28.7 Å². The molecule has 0 atom stereocenters. The molecule has 2 aromatic heterocycles. The van der Waals surface area contributed by atoms with Crippen molar-refractivity contribution in [2.45, 2.75) is 84.3 Å². The van der Waals surface area contributed by atoms with Crippen molar-refractivity contribution in [2.75, 3.05) is 29.9 Å². The van der Waals surface area contributed by atoms with Crippen LogP contribution >= 0.6 is 0 Å². The Morgan fingerprint density at radius 3 is 2.33 bits per heavy atom. The van der Waals surface area contributed by atoms with E-state index in [4.69, 9.17) is 14.5 Å². The summed E-state index contributed by atoms with van der Waals surface area (Å²) in [7, 11) is 0. The van der Waals surface area contributed by atoms with Crippen molar-refractivity contribution in [2.24, 2.45) is 5.92 Å². The molecule has 1 saturated heterocycles. The van der Waals surface area contributed by atoms with E-state index in [1.165, 1.54) is 17.0 Å². The minimum Gasteiger partial charge on any atom is -0.444 e. The molecule has 0 radical (unpaired) electrons. The highest BCUT2D eigenvalue weighted by Crippen LogP contribution is 2.43. The Labute approximate surface area is 246 Å². The van der Waals surface area contributed by atoms with Gasteiger partial charge in [-0.3, -0.25) is 0 Å². The first-order chi connectivity index (χ1) is 19.8. The van der Waals surface area contributed by atoms with Crippen molar-refractivity contribution in [1.82, 2.24) is 19.5 Å². The second kappa shape index (κ2) is 11.4. The summed E-state index contributed by atoms with van der Waals surface area (Å²) in [5.74, 6) is 1.21. The number of carbonyl (C=O) groups is 2. The van der Waals surface area contributed by atoms with Gasteiger partial charge in [-0.15, -0.1) is 0 Å². The molecule has 42 heavy (non-hydrogen) atoms. The van der Waals surface area contributed by atoms with Gasteiger partial charge in [-0.1, -0.05) is 6.07 Å². The standard InChI is InChI=1S/C31H41FN6O4/c1-30(2,3)41-28(39)36-14-12-20(13-15-36)18-33-25-17-26(38-27(35-25)24(19-34-38)21-10-11-21)37(29(40)42-31(4,5)6)23-9-7-8-22(32)16-23/h7-9,16-17,19-21H,10-15,18H2,1-6H3,(H,33,35). The molecule has 0 bridgehead atoms. The van der Waals surface area contributed by atoms with Crippen molar-refractivity contribution in [3.63, 3.8) is 0 Å². The minimum atomic E-state index is -0.770. The molecule has 3 heterocycles. The lowest BCUT2D eigenvalue weighted by Crippen LogP contribution is -2.42. The van der Waals surface area contributed by atoms with Gasteiger partial charge in [-0.25, -0.2) is 23.9 Å². The second-order valence-electron chi connectivity index (χ2n) is 13.2. The van der Waals surface area contributed by atoms with E-state index in [1.54, 1.807) is 54.6 Å². The molecule has 11 heteroatoms. The lowest BCUT2D eigenvalue weighted by molar-refractivity contribution is 0.0187. The Hall–Kier alpha value is -3.89. The Balaban J connectivity index is 1.42. The van der Waals surface area contributed by atoms with Gasteiger partial charge in [-0.2, -0.15) is 9.61 Å². The van der Waals surface area contributed by atoms with Crippen LogP contribution in [0.2, 0.25) is 0 Å². The van der Waals surface area contributed by atoms with Crippen LogP contribution in [0.3, 0.4) is 0 Å². The van der Waals surface area contributed by atoms with Gasteiger partial charge in [0.15, 0.2) is 5.65 Å². The van der Waals surface area contributed by atoms with Crippen LogP contribution in [0, 0.1) is 11.7 Å². The fourth-order valence-electron chi connectivity index (χ4n) is 5.05. The first kappa shape index (κ1) is 29.6. The van der Waals surface area contributed by atoms with Crippen molar-refractivity contribution in [1.29, 1.82) is 0 Å². The Bertz CT molecular complexity index is 1450. The summed E-state index contributed by atoms with van der Waals surface area (Å²) < 4.78 is 27.3. The number of fused-ring (bicyclic) bond motifs is 1. The van der Waals surface area contributed by atoms with Crippen LogP contribution in [0.5, 0.6) is 0 Å². The summed E-state index contributed by atoms with van der Waals surface area (Å²) in [6.45, 7) is 12.9. The molecular formula is C31H41FN6O4. The van der Waals surface area contributed by atoms with Crippen molar-refractivity contribution >= 4 is 35.2 Å². The predicted molar refractivity (Wildman–Crippen MR) is 159 cm³/mol. The molecule has 226 valence electrons. The molecule has 2 aliphatic rings. The third-order valence-corrected chi connectivity index (χ3v) is 7.21. The molecule has 1 aliphatic carbocycles. The van der Waals surface area contributed by atoms with Crippen LogP contribution in [-0.2, 0) is 9.47 Å². The Kier molecular flexibility index (Phi) is 8.04. The lowest BCUT2D eigenvalue weighted by Gasteiger charge is -2.33. The molecule has 0 unspecified atom stereocenters. The number of halogens is 1. The van der Waals surface area contributed by atoms with E-state index in [2.05, 4.69) is 10.4 Å². The second-order valence-corrected chi connectivity index (χ2v) is 13.2. The quantitative estimate of drug-likeness (QED) is 0.339. The molecule has 0 spiro atoms. The van der Waals surface area contributed by atoms with Crippen molar-refractivity contribution < 1.29 is 23.5 Å². The number of aromatic nitrogens is 3. The number of nitrogens with one attached hydrogen (secondary N) is 1. The highest BCUT2D eigenvalue weighted by atomic mass is 19.1. The van der Waals surface area contributed by atoms with E-state index in [9.17, 15) is 14.0 Å². The normalized spacial score (nSPS) is 16.4. The fraction of sp³-hybridized carbons (Fsp3) is 0.548. The predicted octanol–water partition coefficient (Wildman–Crippen LogP) is 6.88. The summed E-state index contributed by atoms with van der Waals surface area (Å²) in [5.41, 5.74) is 0.702. The first-order valence-corrected chi connectivity index (χ1v) is 14.7. The number of rotatable bonds is 6. The third-order valence-electron chi connectivity index (χ3n) is 7.21. The molecule has 3 aromatic rings. The molecule has 5 rings (SSSR count). The largest absolute Gasteiger partial charge is 0.444 e. The number of carbonyl (C=O) groups excluding carboxylic acids is 2. The van der Waals surface area contributed by atoms with Gasteiger partial charge in [0.05, 0.1) is 11.9 Å². The average molecular weight is 581 g/mol. The molecular weight excluding hydrogens is 539 g/mol. The minimum absolute atomic E-state index is 0.279. The van der Waals surface area contributed by atoms with Crippen LogP contribution in [0.4, 0.5) is 31.3 Å². The van der Waals surface area contributed by atoms with E-state index in [0.717, 1.165) is 31.2 Å². The van der Waals surface area contributed by atoms with Gasteiger partial charge in [0, 0.05) is 31.3 Å². The molecule has 1 aromatic carbocycles. The highest BCUT2D eigenvalue weighted by molar-refractivity contribution is 5.96. The van der Waals surface area contributed by atoms with Gasteiger partial charge in [-0.05, 0) is 97.3 Å². The summed E-state index contributed by atoms with van der Waals surface area (Å²) in [6.07, 6.45) is 4.66. The number of anilines is 3. The summed E-state index contributed by atoms with van der Waals surface area (Å²) in [4.78, 5) is 34.1. The molecule has 1 saturated carbocycles. The zero-order valence-corrected chi connectivity index (χ0v) is 25.3. The van der Waals surface area contributed by atoms with Gasteiger partial charge in [0.2, 0.25) is 0 Å². The van der Waals surface area contributed by atoms with Gasteiger partial charge in [0.25, 0.3) is 0 Å². The summed E-state index contributed by atoms with van der Waals surface area (Å²) in [5, 5.41) is 8.07. The number of ether oxygens (including phenoxy) is 2. The molecule has 2 fully saturated rings. The van der Waals surface area contributed by atoms with E-state index in [-0.39, 0.29) is 6.09 Å². The number of likely N-dealkylation sites (tertiary alicyclic amines) is 1. The monoisotopic (exact) mass is 580 g/mol. The number of piperidine rings is 1.